The zero-order valence-electron chi connectivity index (χ0n) is 8.03. The van der Waals surface area contributed by atoms with Crippen molar-refractivity contribution < 1.29 is 9.18 Å². The summed E-state index contributed by atoms with van der Waals surface area (Å²) in [6.45, 7) is 2.61. The van der Waals surface area contributed by atoms with Crippen LogP contribution in [0.1, 0.15) is 39.0 Å². The molecule has 1 aliphatic carbocycles. The first kappa shape index (κ1) is 10.2. The highest BCUT2D eigenvalue weighted by molar-refractivity contribution is 5.93. The Labute approximate surface area is 78.2 Å². The molecule has 0 unspecified atom stereocenters. The van der Waals surface area contributed by atoms with Crippen LogP contribution in [0.5, 0.6) is 0 Å². The highest BCUT2D eigenvalue weighted by Crippen LogP contribution is 2.25. The van der Waals surface area contributed by atoms with E-state index < -0.39 is 0 Å². The van der Waals surface area contributed by atoms with E-state index in [1.54, 1.807) is 0 Å². The van der Waals surface area contributed by atoms with Crippen molar-refractivity contribution in [3.8, 4) is 0 Å². The summed E-state index contributed by atoms with van der Waals surface area (Å²) in [7, 11) is 0. The third-order valence-electron chi connectivity index (χ3n) is 2.21. The smallest absolute Gasteiger partial charge is 0.249 e. The largest absolute Gasteiger partial charge is 0.352 e. The number of nitrogens with one attached hydrogen (secondary N) is 1. The molecular weight excluding hydrogens is 169 g/mol. The lowest BCUT2D eigenvalue weighted by atomic mass is 9.98. The Balaban J connectivity index is 2.53. The Bertz CT molecular complexity index is 223. The fraction of sp³-hybridized carbons (Fsp3) is 0.700. The highest BCUT2D eigenvalue weighted by atomic mass is 19.1. The SMILES string of the molecule is CCCNC(=O)C1=C(F)CCCC1. The molecule has 1 amide bonds. The first-order valence-corrected chi connectivity index (χ1v) is 4.91. The average molecular weight is 185 g/mol. The minimum atomic E-state index is -0.209. The van der Waals surface area contributed by atoms with Crippen molar-refractivity contribution in [3.05, 3.63) is 11.4 Å². The van der Waals surface area contributed by atoms with Crippen molar-refractivity contribution in [1.82, 2.24) is 5.32 Å². The fourth-order valence-electron chi connectivity index (χ4n) is 1.45. The normalized spacial score (nSPS) is 17.4. The van der Waals surface area contributed by atoms with E-state index in [0.29, 0.717) is 25.0 Å². The molecule has 2 nitrogen and oxygen atoms in total. The molecule has 1 aliphatic rings. The van der Waals surface area contributed by atoms with E-state index in [0.717, 1.165) is 19.3 Å². The van der Waals surface area contributed by atoms with Crippen LogP contribution in [-0.2, 0) is 4.79 Å². The number of halogens is 1. The molecule has 0 radical (unpaired) electrons. The molecule has 3 heteroatoms. The van der Waals surface area contributed by atoms with Gasteiger partial charge in [0, 0.05) is 12.1 Å². The maximum Gasteiger partial charge on any atom is 0.249 e. The number of carbonyl (C=O) groups excluding carboxylic acids is 1. The molecule has 74 valence electrons. The second-order valence-electron chi connectivity index (χ2n) is 3.35. The van der Waals surface area contributed by atoms with Gasteiger partial charge in [0.05, 0.1) is 0 Å². The third-order valence-corrected chi connectivity index (χ3v) is 2.21. The number of rotatable bonds is 3. The highest BCUT2D eigenvalue weighted by Gasteiger charge is 2.18. The fourth-order valence-corrected chi connectivity index (χ4v) is 1.45. The first-order chi connectivity index (χ1) is 6.25. The van der Waals surface area contributed by atoms with Crippen LogP contribution in [0.2, 0.25) is 0 Å². The van der Waals surface area contributed by atoms with Gasteiger partial charge in [-0.05, 0) is 32.1 Å². The lowest BCUT2D eigenvalue weighted by molar-refractivity contribution is -0.117. The van der Waals surface area contributed by atoms with E-state index in [9.17, 15) is 9.18 Å². The summed E-state index contributed by atoms with van der Waals surface area (Å²) < 4.78 is 13.1. The van der Waals surface area contributed by atoms with Gasteiger partial charge in [-0.15, -0.1) is 0 Å². The molecule has 1 rings (SSSR count). The maximum absolute atomic E-state index is 13.1. The topological polar surface area (TPSA) is 29.1 Å². The summed E-state index contributed by atoms with van der Waals surface area (Å²) in [5.41, 5.74) is 0.375. The molecule has 0 fully saturated rings. The van der Waals surface area contributed by atoms with Crippen molar-refractivity contribution >= 4 is 5.91 Å². The molecule has 0 heterocycles. The minimum Gasteiger partial charge on any atom is -0.352 e. The van der Waals surface area contributed by atoms with Crippen LogP contribution in [0.15, 0.2) is 11.4 Å². The van der Waals surface area contributed by atoms with Gasteiger partial charge in [0.2, 0.25) is 5.91 Å². The molecular formula is C10H16FNO. The van der Waals surface area contributed by atoms with Crippen LogP contribution in [-0.4, -0.2) is 12.5 Å². The van der Waals surface area contributed by atoms with Crippen LogP contribution in [0.25, 0.3) is 0 Å². The van der Waals surface area contributed by atoms with E-state index in [2.05, 4.69) is 5.32 Å². The van der Waals surface area contributed by atoms with Crippen molar-refractivity contribution in [2.45, 2.75) is 39.0 Å². The number of carbonyl (C=O) groups is 1. The maximum atomic E-state index is 13.1. The molecule has 0 atom stereocenters. The van der Waals surface area contributed by atoms with Gasteiger partial charge < -0.3 is 5.32 Å². The van der Waals surface area contributed by atoms with E-state index in [-0.39, 0.29) is 11.7 Å². The summed E-state index contributed by atoms with van der Waals surface area (Å²) in [6.07, 6.45) is 3.73. The van der Waals surface area contributed by atoms with Crippen LogP contribution in [0.4, 0.5) is 4.39 Å². The molecule has 0 bridgehead atoms. The molecule has 0 saturated carbocycles. The van der Waals surface area contributed by atoms with Crippen molar-refractivity contribution in [3.63, 3.8) is 0 Å². The van der Waals surface area contributed by atoms with Crippen LogP contribution in [0, 0.1) is 0 Å². The first-order valence-electron chi connectivity index (χ1n) is 4.91. The standard InChI is InChI=1S/C10H16FNO/c1-2-7-12-10(13)8-5-3-4-6-9(8)11/h2-7H2,1H3,(H,12,13). The van der Waals surface area contributed by atoms with Crippen molar-refractivity contribution in [1.29, 1.82) is 0 Å². The van der Waals surface area contributed by atoms with E-state index in [1.807, 2.05) is 6.92 Å². The molecule has 0 aromatic heterocycles. The van der Waals surface area contributed by atoms with E-state index in [1.165, 1.54) is 0 Å². The quantitative estimate of drug-likeness (QED) is 0.718. The van der Waals surface area contributed by atoms with Gasteiger partial charge >= 0.3 is 0 Å². The van der Waals surface area contributed by atoms with Gasteiger partial charge in [0.15, 0.2) is 0 Å². The molecule has 0 spiro atoms. The second kappa shape index (κ2) is 5.00. The lowest BCUT2D eigenvalue weighted by Crippen LogP contribution is -2.27. The monoisotopic (exact) mass is 185 g/mol. The van der Waals surface area contributed by atoms with Crippen molar-refractivity contribution in [2.75, 3.05) is 6.54 Å². The Kier molecular flexibility index (Phi) is 3.93. The van der Waals surface area contributed by atoms with Crippen LogP contribution in [0.3, 0.4) is 0 Å². The Morgan fingerprint density at radius 1 is 1.46 bits per heavy atom. The van der Waals surface area contributed by atoms with Crippen LogP contribution < -0.4 is 5.32 Å². The lowest BCUT2D eigenvalue weighted by Gasteiger charge is -2.14. The zero-order valence-corrected chi connectivity index (χ0v) is 8.03. The van der Waals surface area contributed by atoms with Gasteiger partial charge in [0.1, 0.15) is 5.83 Å². The summed E-state index contributed by atoms with van der Waals surface area (Å²) >= 11 is 0. The molecule has 13 heavy (non-hydrogen) atoms. The predicted molar refractivity (Wildman–Crippen MR) is 49.9 cm³/mol. The van der Waals surface area contributed by atoms with Gasteiger partial charge in [-0.25, -0.2) is 4.39 Å². The number of amides is 1. The molecule has 0 aromatic carbocycles. The van der Waals surface area contributed by atoms with E-state index in [4.69, 9.17) is 0 Å². The molecule has 0 aliphatic heterocycles. The van der Waals surface area contributed by atoms with Gasteiger partial charge in [-0.1, -0.05) is 6.92 Å². The number of hydrogen-bond acceptors (Lipinski definition) is 1. The summed E-state index contributed by atoms with van der Waals surface area (Å²) in [5, 5.41) is 2.70. The second-order valence-corrected chi connectivity index (χ2v) is 3.35. The number of allylic oxidation sites excluding steroid dienone is 1. The van der Waals surface area contributed by atoms with Crippen molar-refractivity contribution in [2.24, 2.45) is 0 Å². The zero-order chi connectivity index (χ0) is 9.68. The Morgan fingerprint density at radius 3 is 2.77 bits per heavy atom. The molecule has 1 N–H and O–H groups in total. The van der Waals surface area contributed by atoms with E-state index >= 15 is 0 Å². The molecule has 0 saturated heterocycles. The minimum absolute atomic E-state index is 0.208. The summed E-state index contributed by atoms with van der Waals surface area (Å²) in [5.74, 6) is -0.418. The van der Waals surface area contributed by atoms with Crippen LogP contribution >= 0.6 is 0 Å². The summed E-state index contributed by atoms with van der Waals surface area (Å²) in [6, 6.07) is 0. The molecule has 0 aromatic rings. The van der Waals surface area contributed by atoms with Gasteiger partial charge in [-0.3, -0.25) is 4.79 Å². The third kappa shape index (κ3) is 2.83. The summed E-state index contributed by atoms with van der Waals surface area (Å²) in [4.78, 5) is 11.4. The predicted octanol–water partition coefficient (Wildman–Crippen LogP) is 2.31. The average Bonchev–Trinajstić information content (AvgIpc) is 2.15. The van der Waals surface area contributed by atoms with Gasteiger partial charge in [-0.2, -0.15) is 0 Å². The Morgan fingerprint density at radius 2 is 2.15 bits per heavy atom. The van der Waals surface area contributed by atoms with Gasteiger partial charge in [0.25, 0.3) is 0 Å². The Hall–Kier alpha value is -0.860. The number of hydrogen-bond donors (Lipinski definition) is 1.